The average Bonchev–Trinajstić information content (AvgIpc) is 2.75. The standard InChI is InChI=1S/C25H26ClN3O3/c1-25(2,3)32-24(31)29(23(30)22(27)16-19-6-4-5-7-21(19)26)20-10-8-17(9-11-20)18-12-14-28-15-13-18/h4-15,22H,16,27H2,1-3H3/t22-/m1/s1. The molecule has 0 fully saturated rings. The summed E-state index contributed by atoms with van der Waals surface area (Å²) in [4.78, 5) is 31.3. The van der Waals surface area contributed by atoms with Crippen molar-refractivity contribution in [3.05, 3.63) is 83.6 Å². The number of nitrogens with two attached hydrogens (primary N) is 1. The Hall–Kier alpha value is -3.22. The minimum absolute atomic E-state index is 0.187. The van der Waals surface area contributed by atoms with E-state index in [-0.39, 0.29) is 6.42 Å². The number of nitrogens with zero attached hydrogens (tertiary/aromatic N) is 2. The van der Waals surface area contributed by atoms with Gasteiger partial charge in [-0.15, -0.1) is 0 Å². The van der Waals surface area contributed by atoms with E-state index < -0.39 is 23.6 Å². The van der Waals surface area contributed by atoms with Crippen LogP contribution in [-0.4, -0.2) is 28.6 Å². The number of benzene rings is 2. The normalized spacial score (nSPS) is 12.2. The number of hydrogen-bond donors (Lipinski definition) is 1. The molecular weight excluding hydrogens is 426 g/mol. The van der Waals surface area contributed by atoms with Crippen LogP contribution in [0.1, 0.15) is 26.3 Å². The van der Waals surface area contributed by atoms with Gasteiger partial charge in [0.2, 0.25) is 0 Å². The molecule has 1 heterocycles. The van der Waals surface area contributed by atoms with Gasteiger partial charge in [-0.3, -0.25) is 9.78 Å². The molecule has 6 nitrogen and oxygen atoms in total. The predicted octanol–water partition coefficient (Wildman–Crippen LogP) is 5.24. The molecule has 0 aliphatic heterocycles. The number of aromatic nitrogens is 1. The third-order valence-corrected chi connectivity index (χ3v) is 5.02. The molecule has 0 aliphatic carbocycles. The van der Waals surface area contributed by atoms with Gasteiger partial charge in [0, 0.05) is 17.4 Å². The highest BCUT2D eigenvalue weighted by atomic mass is 35.5. The number of ether oxygens (including phenoxy) is 1. The van der Waals surface area contributed by atoms with Gasteiger partial charge in [0.05, 0.1) is 11.7 Å². The van der Waals surface area contributed by atoms with Crippen molar-refractivity contribution in [2.24, 2.45) is 5.73 Å². The molecule has 0 bridgehead atoms. The number of pyridine rings is 1. The van der Waals surface area contributed by atoms with E-state index in [9.17, 15) is 9.59 Å². The van der Waals surface area contributed by atoms with Crippen LogP contribution < -0.4 is 10.6 Å². The fraction of sp³-hybridized carbons (Fsp3) is 0.240. The first-order chi connectivity index (χ1) is 15.2. The quantitative estimate of drug-likeness (QED) is 0.573. The van der Waals surface area contributed by atoms with Gasteiger partial charge >= 0.3 is 6.09 Å². The molecule has 2 N–H and O–H groups in total. The van der Waals surface area contributed by atoms with Crippen molar-refractivity contribution in [3.8, 4) is 11.1 Å². The molecule has 1 atom stereocenters. The second-order valence-electron chi connectivity index (χ2n) is 8.34. The Morgan fingerprint density at radius 3 is 2.19 bits per heavy atom. The van der Waals surface area contributed by atoms with E-state index in [0.717, 1.165) is 21.6 Å². The van der Waals surface area contributed by atoms with Gasteiger partial charge < -0.3 is 10.5 Å². The number of rotatable bonds is 5. The second-order valence-corrected chi connectivity index (χ2v) is 8.75. The third kappa shape index (κ3) is 5.93. The largest absolute Gasteiger partial charge is 0.443 e. The van der Waals surface area contributed by atoms with Crippen LogP contribution in [0.5, 0.6) is 0 Å². The first-order valence-corrected chi connectivity index (χ1v) is 10.6. The Kier molecular flexibility index (Phi) is 7.28. The van der Waals surface area contributed by atoms with Crippen molar-refractivity contribution in [3.63, 3.8) is 0 Å². The lowest BCUT2D eigenvalue weighted by molar-refractivity contribution is -0.119. The molecule has 1 aromatic heterocycles. The number of hydrogen-bond acceptors (Lipinski definition) is 5. The van der Waals surface area contributed by atoms with Gasteiger partial charge in [-0.05, 0) is 74.2 Å². The van der Waals surface area contributed by atoms with Crippen LogP contribution in [0.3, 0.4) is 0 Å². The summed E-state index contributed by atoms with van der Waals surface area (Å²) in [5.74, 6) is -0.573. The molecule has 0 spiro atoms. The van der Waals surface area contributed by atoms with E-state index in [2.05, 4.69) is 4.98 Å². The molecule has 0 saturated carbocycles. The number of anilines is 1. The maximum Gasteiger partial charge on any atom is 0.421 e. The van der Waals surface area contributed by atoms with Crippen LogP contribution in [0.4, 0.5) is 10.5 Å². The summed E-state index contributed by atoms with van der Waals surface area (Å²) in [6.45, 7) is 5.22. The number of carbonyl (C=O) groups is 2. The molecule has 2 aromatic carbocycles. The molecule has 0 saturated heterocycles. The molecule has 0 aliphatic rings. The SMILES string of the molecule is CC(C)(C)OC(=O)N(C(=O)[C@H](N)Cc1ccccc1Cl)c1ccc(-c2ccncc2)cc1. The van der Waals surface area contributed by atoms with Gasteiger partial charge in [-0.2, -0.15) is 0 Å². The van der Waals surface area contributed by atoms with Crippen LogP contribution in [-0.2, 0) is 16.0 Å². The Bertz CT molecular complexity index is 1080. The lowest BCUT2D eigenvalue weighted by atomic mass is 10.0. The molecular formula is C25H26ClN3O3. The van der Waals surface area contributed by atoms with Crippen molar-refractivity contribution in [2.45, 2.75) is 38.8 Å². The summed E-state index contributed by atoms with van der Waals surface area (Å²) in [6.07, 6.45) is 2.81. The molecule has 0 radical (unpaired) electrons. The van der Waals surface area contributed by atoms with Crippen LogP contribution in [0.25, 0.3) is 11.1 Å². The van der Waals surface area contributed by atoms with E-state index in [0.29, 0.717) is 10.7 Å². The molecule has 0 unspecified atom stereocenters. The van der Waals surface area contributed by atoms with E-state index in [1.54, 1.807) is 63.5 Å². The molecule has 3 aromatic rings. The number of carbonyl (C=O) groups excluding carboxylic acids is 2. The van der Waals surface area contributed by atoms with E-state index in [1.165, 1.54) is 0 Å². The predicted molar refractivity (Wildman–Crippen MR) is 127 cm³/mol. The Labute approximate surface area is 193 Å². The Balaban J connectivity index is 1.90. The van der Waals surface area contributed by atoms with E-state index in [1.807, 2.05) is 30.3 Å². The summed E-state index contributed by atoms with van der Waals surface area (Å²) in [5, 5.41) is 0.515. The molecule has 7 heteroatoms. The third-order valence-electron chi connectivity index (χ3n) is 4.65. The van der Waals surface area contributed by atoms with Crippen molar-refractivity contribution < 1.29 is 14.3 Å². The minimum atomic E-state index is -0.984. The lowest BCUT2D eigenvalue weighted by Gasteiger charge is -2.28. The lowest BCUT2D eigenvalue weighted by Crippen LogP contribution is -2.49. The maximum atomic E-state index is 13.3. The maximum absolute atomic E-state index is 13.3. The van der Waals surface area contributed by atoms with Gasteiger partial charge in [0.15, 0.2) is 0 Å². The highest BCUT2D eigenvalue weighted by Crippen LogP contribution is 2.25. The smallest absolute Gasteiger partial charge is 0.421 e. The second kappa shape index (κ2) is 9.94. The van der Waals surface area contributed by atoms with Crippen molar-refractivity contribution in [1.29, 1.82) is 0 Å². The van der Waals surface area contributed by atoms with Crippen LogP contribution in [0.15, 0.2) is 73.1 Å². The van der Waals surface area contributed by atoms with Crippen molar-refractivity contribution >= 4 is 29.3 Å². The summed E-state index contributed by atoms with van der Waals surface area (Å²) in [5.41, 5.74) is 8.43. The first-order valence-electron chi connectivity index (χ1n) is 10.2. The van der Waals surface area contributed by atoms with Crippen molar-refractivity contribution in [2.75, 3.05) is 4.90 Å². The Morgan fingerprint density at radius 2 is 1.59 bits per heavy atom. The molecule has 32 heavy (non-hydrogen) atoms. The fourth-order valence-electron chi connectivity index (χ4n) is 3.13. The fourth-order valence-corrected chi connectivity index (χ4v) is 3.34. The summed E-state index contributed by atoms with van der Waals surface area (Å²) >= 11 is 6.22. The van der Waals surface area contributed by atoms with Crippen LogP contribution >= 0.6 is 11.6 Å². The van der Waals surface area contributed by atoms with Gasteiger partial charge in [-0.1, -0.05) is 41.9 Å². The van der Waals surface area contributed by atoms with Crippen LogP contribution in [0.2, 0.25) is 5.02 Å². The number of imide groups is 1. The first kappa shape index (κ1) is 23.4. The molecule has 3 rings (SSSR count). The van der Waals surface area contributed by atoms with Crippen LogP contribution in [0, 0.1) is 0 Å². The van der Waals surface area contributed by atoms with Gasteiger partial charge in [0.25, 0.3) is 5.91 Å². The summed E-state index contributed by atoms with van der Waals surface area (Å²) in [6, 6.07) is 17.0. The topological polar surface area (TPSA) is 85.5 Å². The summed E-state index contributed by atoms with van der Waals surface area (Å²) in [7, 11) is 0. The van der Waals surface area contributed by atoms with Gasteiger partial charge in [-0.25, -0.2) is 9.69 Å². The highest BCUT2D eigenvalue weighted by molar-refractivity contribution is 6.31. The van der Waals surface area contributed by atoms with Gasteiger partial charge in [0.1, 0.15) is 5.60 Å². The zero-order chi connectivity index (χ0) is 23.3. The number of amides is 2. The van der Waals surface area contributed by atoms with E-state index in [4.69, 9.17) is 22.1 Å². The van der Waals surface area contributed by atoms with E-state index >= 15 is 0 Å². The zero-order valence-corrected chi connectivity index (χ0v) is 19.0. The molecule has 166 valence electrons. The monoisotopic (exact) mass is 451 g/mol. The Morgan fingerprint density at radius 1 is 1.00 bits per heavy atom. The average molecular weight is 452 g/mol. The highest BCUT2D eigenvalue weighted by Gasteiger charge is 2.32. The van der Waals surface area contributed by atoms with Crippen molar-refractivity contribution in [1.82, 2.24) is 4.98 Å². The summed E-state index contributed by atoms with van der Waals surface area (Å²) < 4.78 is 5.49. The minimum Gasteiger partial charge on any atom is -0.443 e. The molecule has 2 amide bonds. The zero-order valence-electron chi connectivity index (χ0n) is 18.3. The number of halogens is 1.